The van der Waals surface area contributed by atoms with E-state index < -0.39 is 23.1 Å². The minimum Gasteiger partial charge on any atom is -0.298 e. The second-order valence-electron chi connectivity index (χ2n) is 7.98. The third-order valence-corrected chi connectivity index (χ3v) is 2.94. The summed E-state index contributed by atoms with van der Waals surface area (Å²) in [5, 5.41) is 0. The van der Waals surface area contributed by atoms with Crippen LogP contribution in [0.15, 0.2) is 0 Å². The molecule has 0 saturated heterocycles. The zero-order valence-electron chi connectivity index (χ0n) is 16.3. The molecule has 0 aromatic rings. The molecule has 0 aromatic heterocycles. The van der Waals surface area contributed by atoms with Crippen LogP contribution >= 0.6 is 0 Å². The Morgan fingerprint density at radius 2 is 1.38 bits per heavy atom. The molecular formula is C18H34O6. The van der Waals surface area contributed by atoms with Crippen molar-refractivity contribution in [2.24, 2.45) is 5.92 Å². The van der Waals surface area contributed by atoms with Gasteiger partial charge in [-0.15, -0.1) is 0 Å². The molecule has 24 heavy (non-hydrogen) atoms. The normalized spacial score (nSPS) is 13.5. The number of unbranched alkanes of at least 4 members (excludes halogenated alkanes) is 2. The highest BCUT2D eigenvalue weighted by Crippen LogP contribution is 2.20. The van der Waals surface area contributed by atoms with Gasteiger partial charge in [-0.2, -0.15) is 9.78 Å². The second-order valence-corrected chi connectivity index (χ2v) is 7.98. The molecule has 1 unspecified atom stereocenters. The SMILES string of the molecule is CCCCCC(CCC(=O)OOC(C)(C)C)C(=O)OOC(C)(C)C. The van der Waals surface area contributed by atoms with Crippen molar-refractivity contribution in [1.82, 2.24) is 0 Å². The van der Waals surface area contributed by atoms with Crippen LogP contribution in [0, 0.1) is 5.92 Å². The topological polar surface area (TPSA) is 71.1 Å². The third-order valence-electron chi connectivity index (χ3n) is 2.94. The first-order chi connectivity index (χ1) is 10.9. The first-order valence-corrected chi connectivity index (χ1v) is 8.72. The van der Waals surface area contributed by atoms with Crippen LogP contribution in [-0.2, 0) is 29.1 Å². The summed E-state index contributed by atoms with van der Waals surface area (Å²) in [4.78, 5) is 43.7. The van der Waals surface area contributed by atoms with E-state index in [0.717, 1.165) is 19.3 Å². The minimum absolute atomic E-state index is 0.0947. The summed E-state index contributed by atoms with van der Waals surface area (Å²) >= 11 is 0. The van der Waals surface area contributed by atoms with E-state index in [0.29, 0.717) is 12.8 Å². The Morgan fingerprint density at radius 1 is 0.833 bits per heavy atom. The van der Waals surface area contributed by atoms with Crippen LogP contribution in [0.4, 0.5) is 0 Å². The van der Waals surface area contributed by atoms with Crippen molar-refractivity contribution in [3.63, 3.8) is 0 Å². The molecule has 0 aliphatic carbocycles. The molecule has 0 amide bonds. The van der Waals surface area contributed by atoms with Crippen LogP contribution in [0.2, 0.25) is 0 Å². The fourth-order valence-corrected chi connectivity index (χ4v) is 1.76. The number of rotatable bonds is 10. The summed E-state index contributed by atoms with van der Waals surface area (Å²) in [7, 11) is 0. The lowest BCUT2D eigenvalue weighted by molar-refractivity contribution is -0.324. The lowest BCUT2D eigenvalue weighted by Gasteiger charge is -2.20. The molecule has 6 heteroatoms. The zero-order chi connectivity index (χ0) is 18.8. The number of hydrogen-bond donors (Lipinski definition) is 0. The van der Waals surface area contributed by atoms with Crippen LogP contribution in [0.3, 0.4) is 0 Å². The molecule has 0 rings (SSSR count). The van der Waals surface area contributed by atoms with E-state index in [1.807, 2.05) is 0 Å². The van der Waals surface area contributed by atoms with Crippen LogP contribution in [0.25, 0.3) is 0 Å². The molecule has 6 nitrogen and oxygen atoms in total. The van der Waals surface area contributed by atoms with Crippen molar-refractivity contribution in [3.8, 4) is 0 Å². The van der Waals surface area contributed by atoms with E-state index >= 15 is 0 Å². The van der Waals surface area contributed by atoms with E-state index in [4.69, 9.17) is 19.6 Å². The maximum Gasteiger partial charge on any atom is 0.345 e. The van der Waals surface area contributed by atoms with Crippen molar-refractivity contribution < 1.29 is 29.1 Å². The Balaban J connectivity index is 4.43. The van der Waals surface area contributed by atoms with Gasteiger partial charge >= 0.3 is 11.9 Å². The summed E-state index contributed by atoms with van der Waals surface area (Å²) in [6.07, 6.45) is 4.09. The summed E-state index contributed by atoms with van der Waals surface area (Å²) in [6, 6.07) is 0. The minimum atomic E-state index is -0.566. The van der Waals surface area contributed by atoms with Gasteiger partial charge < -0.3 is 0 Å². The average molecular weight is 346 g/mol. The molecule has 0 aliphatic heterocycles. The summed E-state index contributed by atoms with van der Waals surface area (Å²) in [6.45, 7) is 12.9. The summed E-state index contributed by atoms with van der Waals surface area (Å²) in [5.41, 5.74) is -1.13. The first kappa shape index (κ1) is 22.9. The fourth-order valence-electron chi connectivity index (χ4n) is 1.76. The Bertz CT molecular complexity index is 378. The van der Waals surface area contributed by atoms with Crippen molar-refractivity contribution in [2.75, 3.05) is 0 Å². The molecule has 0 fully saturated rings. The van der Waals surface area contributed by atoms with Crippen LogP contribution in [0.1, 0.15) is 87.0 Å². The molecule has 0 aliphatic rings. The van der Waals surface area contributed by atoms with Gasteiger partial charge in [0.2, 0.25) is 0 Å². The Morgan fingerprint density at radius 3 is 1.88 bits per heavy atom. The maximum absolute atomic E-state index is 12.2. The Labute approximate surface area is 146 Å². The Kier molecular flexibility index (Phi) is 10.2. The van der Waals surface area contributed by atoms with E-state index in [2.05, 4.69) is 6.92 Å². The largest absolute Gasteiger partial charge is 0.345 e. The van der Waals surface area contributed by atoms with Crippen molar-refractivity contribution in [1.29, 1.82) is 0 Å². The number of hydrogen-bond acceptors (Lipinski definition) is 6. The van der Waals surface area contributed by atoms with Gasteiger partial charge in [-0.1, -0.05) is 26.2 Å². The first-order valence-electron chi connectivity index (χ1n) is 8.72. The van der Waals surface area contributed by atoms with Crippen LogP contribution in [0.5, 0.6) is 0 Å². The second kappa shape index (κ2) is 10.7. The van der Waals surface area contributed by atoms with Crippen molar-refractivity contribution in [2.45, 2.75) is 98.2 Å². The van der Waals surface area contributed by atoms with E-state index in [1.54, 1.807) is 41.5 Å². The summed E-state index contributed by atoms with van der Waals surface area (Å²) < 4.78 is 0. The van der Waals surface area contributed by atoms with Gasteiger partial charge in [-0.3, -0.25) is 9.78 Å². The highest BCUT2D eigenvalue weighted by Gasteiger charge is 2.25. The molecule has 0 N–H and O–H groups in total. The van der Waals surface area contributed by atoms with E-state index in [1.165, 1.54) is 0 Å². The fraction of sp³-hybridized carbons (Fsp3) is 0.889. The quantitative estimate of drug-likeness (QED) is 0.329. The molecule has 0 saturated carbocycles. The highest BCUT2D eigenvalue weighted by atomic mass is 17.2. The van der Waals surface area contributed by atoms with Gasteiger partial charge in [0, 0.05) is 6.42 Å². The van der Waals surface area contributed by atoms with Gasteiger partial charge in [-0.05, 0) is 54.4 Å². The smallest absolute Gasteiger partial charge is 0.298 e. The third kappa shape index (κ3) is 13.3. The number of carbonyl (C=O) groups excluding carboxylic acids is 2. The lowest BCUT2D eigenvalue weighted by atomic mass is 9.96. The van der Waals surface area contributed by atoms with E-state index in [-0.39, 0.29) is 12.3 Å². The van der Waals surface area contributed by atoms with Gasteiger partial charge in [0.15, 0.2) is 0 Å². The van der Waals surface area contributed by atoms with Gasteiger partial charge in [0.1, 0.15) is 11.2 Å². The van der Waals surface area contributed by atoms with Crippen molar-refractivity contribution in [3.05, 3.63) is 0 Å². The lowest BCUT2D eigenvalue weighted by Crippen LogP contribution is -2.26. The molecule has 0 heterocycles. The maximum atomic E-state index is 12.2. The van der Waals surface area contributed by atoms with Crippen LogP contribution < -0.4 is 0 Å². The molecular weight excluding hydrogens is 312 g/mol. The predicted octanol–water partition coefficient (Wildman–Crippen LogP) is 4.51. The molecule has 0 radical (unpaired) electrons. The molecule has 0 bridgehead atoms. The average Bonchev–Trinajstić information content (AvgIpc) is 2.44. The predicted molar refractivity (Wildman–Crippen MR) is 90.7 cm³/mol. The molecule has 142 valence electrons. The molecule has 0 spiro atoms. The highest BCUT2D eigenvalue weighted by molar-refractivity contribution is 5.74. The van der Waals surface area contributed by atoms with E-state index in [9.17, 15) is 9.59 Å². The van der Waals surface area contributed by atoms with Crippen molar-refractivity contribution >= 4 is 11.9 Å². The van der Waals surface area contributed by atoms with Gasteiger partial charge in [-0.25, -0.2) is 9.59 Å². The van der Waals surface area contributed by atoms with Gasteiger partial charge in [0.05, 0.1) is 5.92 Å². The van der Waals surface area contributed by atoms with Crippen LogP contribution in [-0.4, -0.2) is 23.1 Å². The standard InChI is InChI=1S/C18H34O6/c1-8-9-10-11-14(16(20)22-24-18(5,6)7)12-13-15(19)21-23-17(2,3)4/h14H,8-13H2,1-7H3. The monoisotopic (exact) mass is 346 g/mol. The zero-order valence-corrected chi connectivity index (χ0v) is 16.3. The molecule has 1 atom stereocenters. The summed E-state index contributed by atoms with van der Waals surface area (Å²) in [5.74, 6) is -1.32. The Hall–Kier alpha value is -1.14. The molecule has 0 aromatic carbocycles. The van der Waals surface area contributed by atoms with Gasteiger partial charge in [0.25, 0.3) is 0 Å². The number of carbonyl (C=O) groups is 2.